The molecule has 4 heterocycles. The maximum atomic E-state index is 11.8. The molecular weight excluding hydrogens is 492 g/mol. The molecule has 10 heteroatoms. The smallest absolute Gasteiger partial charge is 0.229 e. The molecule has 5 rings (SSSR count). The molecule has 1 aliphatic heterocycles. The van der Waals surface area contributed by atoms with E-state index in [-0.39, 0.29) is 12.1 Å². The SMILES string of the molecule is Cc1cc(N2C(=S)N[C@H](c3ccccn3)[C@@H]2c2cccn2Cc2ccccn2)ccc1NS(C)(=O)=O. The molecule has 0 bridgehead atoms. The molecule has 0 radical (unpaired) electrons. The number of pyridine rings is 2. The fourth-order valence-electron chi connectivity index (χ4n) is 4.55. The number of aryl methyl sites for hydroxylation is 1. The quantitative estimate of drug-likeness (QED) is 0.355. The van der Waals surface area contributed by atoms with E-state index < -0.39 is 10.0 Å². The highest BCUT2D eigenvalue weighted by atomic mass is 32.2. The molecule has 1 fully saturated rings. The van der Waals surface area contributed by atoms with Crippen molar-refractivity contribution in [2.45, 2.75) is 25.6 Å². The van der Waals surface area contributed by atoms with Crippen LogP contribution >= 0.6 is 12.2 Å². The van der Waals surface area contributed by atoms with E-state index in [2.05, 4.69) is 35.5 Å². The van der Waals surface area contributed by atoms with Crippen LogP contribution in [0.3, 0.4) is 0 Å². The first-order valence-electron chi connectivity index (χ1n) is 11.4. The van der Waals surface area contributed by atoms with E-state index in [1.807, 2.05) is 67.7 Å². The summed E-state index contributed by atoms with van der Waals surface area (Å²) in [5.41, 5.74) is 5.08. The Morgan fingerprint density at radius 1 is 1.03 bits per heavy atom. The van der Waals surface area contributed by atoms with Gasteiger partial charge in [0.25, 0.3) is 0 Å². The van der Waals surface area contributed by atoms with Crippen LogP contribution in [-0.4, -0.2) is 34.3 Å². The molecule has 1 aromatic carbocycles. The maximum absolute atomic E-state index is 11.8. The highest BCUT2D eigenvalue weighted by Crippen LogP contribution is 2.42. The summed E-state index contributed by atoms with van der Waals surface area (Å²) in [6.07, 6.45) is 6.76. The molecule has 3 aromatic heterocycles. The Kier molecular flexibility index (Phi) is 6.46. The summed E-state index contributed by atoms with van der Waals surface area (Å²) in [6.45, 7) is 2.49. The van der Waals surface area contributed by atoms with Crippen molar-refractivity contribution in [1.82, 2.24) is 19.9 Å². The number of hydrogen-bond acceptors (Lipinski definition) is 5. The number of aromatic nitrogens is 3. The second-order valence-corrected chi connectivity index (χ2v) is 10.9. The number of hydrogen-bond donors (Lipinski definition) is 2. The third kappa shape index (κ3) is 4.95. The molecule has 0 amide bonds. The van der Waals surface area contributed by atoms with Gasteiger partial charge in [0, 0.05) is 30.0 Å². The van der Waals surface area contributed by atoms with Gasteiger partial charge in [-0.3, -0.25) is 14.7 Å². The molecule has 2 N–H and O–H groups in total. The van der Waals surface area contributed by atoms with E-state index in [1.165, 1.54) is 0 Å². The van der Waals surface area contributed by atoms with Crippen LogP contribution in [-0.2, 0) is 16.6 Å². The Balaban J connectivity index is 1.58. The van der Waals surface area contributed by atoms with Gasteiger partial charge >= 0.3 is 0 Å². The lowest BCUT2D eigenvalue weighted by molar-refractivity contribution is 0.532. The monoisotopic (exact) mass is 518 g/mol. The minimum atomic E-state index is -3.39. The van der Waals surface area contributed by atoms with Crippen molar-refractivity contribution in [2.24, 2.45) is 0 Å². The third-order valence-electron chi connectivity index (χ3n) is 6.11. The van der Waals surface area contributed by atoms with Crippen molar-refractivity contribution in [2.75, 3.05) is 15.9 Å². The van der Waals surface area contributed by atoms with Crippen molar-refractivity contribution in [3.8, 4) is 0 Å². The second kappa shape index (κ2) is 9.71. The van der Waals surface area contributed by atoms with Gasteiger partial charge in [-0.2, -0.15) is 0 Å². The van der Waals surface area contributed by atoms with Crippen LogP contribution in [0.15, 0.2) is 85.3 Å². The lowest BCUT2D eigenvalue weighted by atomic mass is 10.0. The molecule has 0 spiro atoms. The average molecular weight is 519 g/mol. The molecule has 8 nitrogen and oxygen atoms in total. The van der Waals surface area contributed by atoms with E-state index >= 15 is 0 Å². The third-order valence-corrected chi connectivity index (χ3v) is 7.01. The van der Waals surface area contributed by atoms with Gasteiger partial charge in [0.1, 0.15) is 6.04 Å². The predicted molar refractivity (Wildman–Crippen MR) is 145 cm³/mol. The van der Waals surface area contributed by atoms with Gasteiger partial charge in [0.15, 0.2) is 5.11 Å². The Morgan fingerprint density at radius 3 is 2.47 bits per heavy atom. The van der Waals surface area contributed by atoms with Gasteiger partial charge in [0.2, 0.25) is 10.0 Å². The summed E-state index contributed by atoms with van der Waals surface area (Å²) in [4.78, 5) is 11.2. The van der Waals surface area contributed by atoms with Gasteiger partial charge in [-0.1, -0.05) is 12.1 Å². The molecule has 4 aromatic rings. The lowest BCUT2D eigenvalue weighted by Gasteiger charge is -2.29. The van der Waals surface area contributed by atoms with Crippen LogP contribution in [0.25, 0.3) is 0 Å². The summed E-state index contributed by atoms with van der Waals surface area (Å²) in [7, 11) is -3.39. The number of thiocarbonyl (C=S) groups is 1. The summed E-state index contributed by atoms with van der Waals surface area (Å²) in [5.74, 6) is 0. The van der Waals surface area contributed by atoms with Gasteiger partial charge in [0.05, 0.1) is 35.9 Å². The molecule has 1 aliphatic rings. The van der Waals surface area contributed by atoms with Crippen LogP contribution < -0.4 is 14.9 Å². The van der Waals surface area contributed by atoms with Crippen LogP contribution in [0, 0.1) is 6.92 Å². The van der Waals surface area contributed by atoms with E-state index in [1.54, 1.807) is 18.5 Å². The van der Waals surface area contributed by atoms with Crippen molar-refractivity contribution in [1.29, 1.82) is 0 Å². The van der Waals surface area contributed by atoms with Gasteiger partial charge in [-0.25, -0.2) is 8.42 Å². The van der Waals surface area contributed by atoms with E-state index in [0.29, 0.717) is 17.3 Å². The first kappa shape index (κ1) is 24.0. The van der Waals surface area contributed by atoms with Crippen LogP contribution in [0.4, 0.5) is 11.4 Å². The lowest BCUT2D eigenvalue weighted by Crippen LogP contribution is -2.30. The van der Waals surface area contributed by atoms with Gasteiger partial charge in [-0.05, 0) is 79.3 Å². The molecule has 184 valence electrons. The Labute approximate surface area is 216 Å². The zero-order chi connectivity index (χ0) is 25.3. The standard InChI is InChI=1S/C26H26N6O2S2/c1-18-16-20(11-12-21(18)30-36(2,33)34)32-25(24(29-26(32)35)22-9-4-6-14-28-22)23-10-7-15-31(23)17-19-8-3-5-13-27-19/h3-16,24-25,30H,17H2,1-2H3,(H,29,35)/t24-,25+/m1/s1. The van der Waals surface area contributed by atoms with Crippen LogP contribution in [0.5, 0.6) is 0 Å². The Bertz CT molecular complexity index is 1490. The number of sulfonamides is 1. The number of rotatable bonds is 7. The van der Waals surface area contributed by atoms with Crippen molar-refractivity contribution >= 4 is 38.7 Å². The Hall–Kier alpha value is -3.76. The van der Waals surface area contributed by atoms with Crippen LogP contribution in [0.2, 0.25) is 0 Å². The fourth-order valence-corrected chi connectivity index (χ4v) is 5.53. The maximum Gasteiger partial charge on any atom is 0.229 e. The fraction of sp³-hybridized carbons (Fsp3) is 0.192. The summed E-state index contributed by atoms with van der Waals surface area (Å²) in [6, 6.07) is 21.1. The molecule has 0 saturated carbocycles. The van der Waals surface area contributed by atoms with Crippen molar-refractivity contribution in [3.63, 3.8) is 0 Å². The minimum absolute atomic E-state index is 0.190. The second-order valence-electron chi connectivity index (χ2n) is 8.75. The van der Waals surface area contributed by atoms with Crippen molar-refractivity contribution < 1.29 is 8.42 Å². The molecule has 36 heavy (non-hydrogen) atoms. The van der Waals surface area contributed by atoms with Gasteiger partial charge < -0.3 is 14.8 Å². The highest BCUT2D eigenvalue weighted by molar-refractivity contribution is 7.92. The number of anilines is 2. The number of benzene rings is 1. The van der Waals surface area contributed by atoms with E-state index in [0.717, 1.165) is 34.6 Å². The summed E-state index contributed by atoms with van der Waals surface area (Å²) in [5, 5.41) is 4.05. The number of nitrogens with zero attached hydrogens (tertiary/aromatic N) is 4. The molecule has 0 aliphatic carbocycles. The van der Waals surface area contributed by atoms with Crippen LogP contribution in [0.1, 0.15) is 34.7 Å². The molecule has 2 atom stereocenters. The zero-order valence-electron chi connectivity index (χ0n) is 19.9. The van der Waals surface area contributed by atoms with Crippen molar-refractivity contribution in [3.05, 3.63) is 108 Å². The Morgan fingerprint density at radius 2 is 1.81 bits per heavy atom. The molecule has 1 saturated heterocycles. The highest BCUT2D eigenvalue weighted by Gasteiger charge is 2.42. The largest absolute Gasteiger partial charge is 0.351 e. The van der Waals surface area contributed by atoms with E-state index in [4.69, 9.17) is 12.2 Å². The topological polar surface area (TPSA) is 92.2 Å². The summed E-state index contributed by atoms with van der Waals surface area (Å²) >= 11 is 5.84. The average Bonchev–Trinajstić information content (AvgIpc) is 3.44. The number of nitrogens with one attached hydrogen (secondary N) is 2. The molecule has 0 unspecified atom stereocenters. The minimum Gasteiger partial charge on any atom is -0.351 e. The predicted octanol–water partition coefficient (Wildman–Crippen LogP) is 4.18. The summed E-state index contributed by atoms with van der Waals surface area (Å²) < 4.78 is 28.3. The first-order chi connectivity index (χ1) is 17.3. The normalized spacial score (nSPS) is 17.7. The van der Waals surface area contributed by atoms with E-state index in [9.17, 15) is 8.42 Å². The van der Waals surface area contributed by atoms with Gasteiger partial charge in [-0.15, -0.1) is 0 Å². The molecular formula is C26H26N6O2S2. The zero-order valence-corrected chi connectivity index (χ0v) is 21.5. The first-order valence-corrected chi connectivity index (χ1v) is 13.7.